The molecule has 0 aliphatic carbocycles. The molecule has 1 N–H and O–H groups in total. The van der Waals surface area contributed by atoms with Crippen LogP contribution in [0, 0.1) is 0 Å². The van der Waals surface area contributed by atoms with E-state index < -0.39 is 11.9 Å². The smallest absolute Gasteiger partial charge is 0.187 e. The van der Waals surface area contributed by atoms with E-state index in [2.05, 4.69) is 0 Å². The molecule has 2 aromatic rings. The summed E-state index contributed by atoms with van der Waals surface area (Å²) < 4.78 is 12.2. The summed E-state index contributed by atoms with van der Waals surface area (Å²) in [5.74, 6) is 0. The van der Waals surface area contributed by atoms with E-state index in [1.54, 1.807) is 6.92 Å². The summed E-state index contributed by atoms with van der Waals surface area (Å²) in [4.78, 5) is 0. The van der Waals surface area contributed by atoms with E-state index in [9.17, 15) is 5.11 Å². The van der Waals surface area contributed by atoms with Crippen molar-refractivity contribution in [2.45, 2.75) is 44.4 Å². The van der Waals surface area contributed by atoms with Crippen LogP contribution in [0.3, 0.4) is 0 Å². The van der Waals surface area contributed by atoms with Crippen LogP contribution in [0.5, 0.6) is 0 Å². The highest BCUT2D eigenvalue weighted by molar-refractivity contribution is 5.26. The van der Waals surface area contributed by atoms with E-state index in [0.29, 0.717) is 6.42 Å². The summed E-state index contributed by atoms with van der Waals surface area (Å²) in [5.41, 5.74) is 1.12. The summed E-state index contributed by atoms with van der Waals surface area (Å²) in [6, 6.07) is 20.1. The van der Waals surface area contributed by atoms with Gasteiger partial charge in [0, 0.05) is 0 Å². The Balaban J connectivity index is 1.94. The number of hydrogen-bond acceptors (Lipinski definition) is 3. The summed E-state index contributed by atoms with van der Waals surface area (Å²) in [6.45, 7) is 3.69. The molecular formula is C19H22O3. The zero-order valence-electron chi connectivity index (χ0n) is 13.0. The highest BCUT2D eigenvalue weighted by Crippen LogP contribution is 2.45. The molecule has 3 rings (SSSR count). The second-order valence-electron chi connectivity index (χ2n) is 5.98. The van der Waals surface area contributed by atoms with Crippen LogP contribution in [0.4, 0.5) is 0 Å². The van der Waals surface area contributed by atoms with Gasteiger partial charge in [-0.1, -0.05) is 67.6 Å². The molecule has 0 amide bonds. The largest absolute Gasteiger partial charge is 0.385 e. The van der Waals surface area contributed by atoms with Crippen molar-refractivity contribution in [3.63, 3.8) is 0 Å². The lowest BCUT2D eigenvalue weighted by Gasteiger charge is -2.27. The van der Waals surface area contributed by atoms with Gasteiger partial charge < -0.3 is 14.6 Å². The van der Waals surface area contributed by atoms with E-state index in [-0.39, 0.29) is 12.2 Å². The lowest BCUT2D eigenvalue weighted by molar-refractivity contribution is -0.187. The van der Waals surface area contributed by atoms with Crippen molar-refractivity contribution >= 4 is 0 Å². The van der Waals surface area contributed by atoms with Gasteiger partial charge in [0.1, 0.15) is 17.8 Å². The van der Waals surface area contributed by atoms with Gasteiger partial charge in [-0.15, -0.1) is 0 Å². The summed E-state index contributed by atoms with van der Waals surface area (Å²) >= 11 is 0. The van der Waals surface area contributed by atoms with Crippen molar-refractivity contribution in [3.8, 4) is 0 Å². The van der Waals surface area contributed by atoms with Crippen LogP contribution in [0.2, 0.25) is 0 Å². The summed E-state index contributed by atoms with van der Waals surface area (Å²) in [5, 5.41) is 10.5. The van der Waals surface area contributed by atoms with Gasteiger partial charge in [-0.2, -0.15) is 0 Å². The van der Waals surface area contributed by atoms with Gasteiger partial charge in [-0.05, 0) is 24.5 Å². The van der Waals surface area contributed by atoms with Crippen LogP contribution in [0.15, 0.2) is 60.7 Å². The highest BCUT2D eigenvalue weighted by Gasteiger charge is 2.45. The molecule has 1 aliphatic rings. The lowest BCUT2D eigenvalue weighted by atomic mass is 9.99. The van der Waals surface area contributed by atoms with Gasteiger partial charge >= 0.3 is 0 Å². The first-order valence-corrected chi connectivity index (χ1v) is 7.75. The minimum absolute atomic E-state index is 0.216. The van der Waals surface area contributed by atoms with E-state index in [0.717, 1.165) is 11.1 Å². The minimum Gasteiger partial charge on any atom is -0.385 e. The Hall–Kier alpha value is -1.68. The van der Waals surface area contributed by atoms with E-state index in [1.165, 1.54) is 0 Å². The first kappa shape index (κ1) is 15.2. The molecule has 1 saturated heterocycles. The fraction of sp³-hybridized carbons (Fsp3) is 0.368. The molecule has 1 fully saturated rings. The third kappa shape index (κ3) is 2.93. The van der Waals surface area contributed by atoms with Gasteiger partial charge in [0.05, 0.1) is 0 Å². The van der Waals surface area contributed by atoms with Crippen LogP contribution >= 0.6 is 0 Å². The molecular weight excluding hydrogens is 276 g/mol. The maximum absolute atomic E-state index is 10.5. The van der Waals surface area contributed by atoms with Crippen molar-refractivity contribution in [1.82, 2.24) is 0 Å². The second kappa shape index (κ2) is 6.21. The molecule has 1 heterocycles. The third-order valence-corrected chi connectivity index (χ3v) is 4.30. The van der Waals surface area contributed by atoms with Crippen LogP contribution in [0.25, 0.3) is 0 Å². The third-order valence-electron chi connectivity index (χ3n) is 4.30. The normalized spacial score (nSPS) is 25.0. The van der Waals surface area contributed by atoms with Crippen molar-refractivity contribution in [2.24, 2.45) is 0 Å². The molecule has 2 aromatic carbocycles. The first-order chi connectivity index (χ1) is 10.6. The predicted molar refractivity (Wildman–Crippen MR) is 85.2 cm³/mol. The summed E-state index contributed by atoms with van der Waals surface area (Å²) in [7, 11) is 0. The van der Waals surface area contributed by atoms with Crippen LogP contribution in [-0.2, 0) is 9.47 Å². The fourth-order valence-electron chi connectivity index (χ4n) is 2.69. The van der Waals surface area contributed by atoms with E-state index in [1.807, 2.05) is 67.6 Å². The van der Waals surface area contributed by atoms with Gasteiger partial charge in [0.15, 0.2) is 6.29 Å². The SMILES string of the molecule is CC[C@](C)(O)C1O[C@H](c2ccccc2)[C@@H](c2ccccc2)O1. The summed E-state index contributed by atoms with van der Waals surface area (Å²) in [6.07, 6.45) is -0.494. The number of hydrogen-bond donors (Lipinski definition) is 1. The van der Waals surface area contributed by atoms with E-state index in [4.69, 9.17) is 9.47 Å². The molecule has 3 nitrogen and oxygen atoms in total. The van der Waals surface area contributed by atoms with Crippen LogP contribution < -0.4 is 0 Å². The van der Waals surface area contributed by atoms with Gasteiger partial charge in [0.2, 0.25) is 0 Å². The average Bonchev–Trinajstić information content (AvgIpc) is 3.02. The number of ether oxygens (including phenoxy) is 2. The fourth-order valence-corrected chi connectivity index (χ4v) is 2.69. The molecule has 0 unspecified atom stereocenters. The predicted octanol–water partition coefficient (Wildman–Crippen LogP) is 4.00. The number of benzene rings is 2. The molecule has 116 valence electrons. The first-order valence-electron chi connectivity index (χ1n) is 7.75. The Morgan fingerprint density at radius 2 is 1.27 bits per heavy atom. The zero-order chi connectivity index (χ0) is 15.6. The lowest BCUT2D eigenvalue weighted by Crippen LogP contribution is -2.39. The molecule has 1 aliphatic heterocycles. The average molecular weight is 298 g/mol. The van der Waals surface area contributed by atoms with Crippen molar-refractivity contribution in [1.29, 1.82) is 0 Å². The Bertz CT molecular complexity index is 547. The number of rotatable bonds is 4. The number of aliphatic hydroxyl groups is 1. The van der Waals surface area contributed by atoms with Gasteiger partial charge in [-0.3, -0.25) is 0 Å². The monoisotopic (exact) mass is 298 g/mol. The van der Waals surface area contributed by atoms with E-state index >= 15 is 0 Å². The zero-order valence-corrected chi connectivity index (χ0v) is 13.0. The molecule has 0 radical (unpaired) electrons. The molecule has 0 spiro atoms. The minimum atomic E-state index is -1.00. The van der Waals surface area contributed by atoms with Crippen LogP contribution in [-0.4, -0.2) is 17.0 Å². The van der Waals surface area contributed by atoms with Crippen molar-refractivity contribution in [3.05, 3.63) is 71.8 Å². The maximum Gasteiger partial charge on any atom is 0.187 e. The Morgan fingerprint density at radius 1 is 0.864 bits per heavy atom. The topological polar surface area (TPSA) is 38.7 Å². The Kier molecular flexibility index (Phi) is 4.30. The van der Waals surface area contributed by atoms with Crippen molar-refractivity contribution in [2.75, 3.05) is 0 Å². The quantitative estimate of drug-likeness (QED) is 0.927. The molecule has 0 bridgehead atoms. The van der Waals surface area contributed by atoms with Gasteiger partial charge in [0.25, 0.3) is 0 Å². The second-order valence-corrected chi connectivity index (χ2v) is 5.98. The van der Waals surface area contributed by atoms with Gasteiger partial charge in [-0.25, -0.2) is 0 Å². The molecule has 0 aromatic heterocycles. The standard InChI is InChI=1S/C19H22O3/c1-3-19(2,20)18-21-16(14-10-6-4-7-11-14)17(22-18)15-12-8-5-9-13-15/h4-13,16-18,20H,3H2,1-2H3/t16-,17-,19+/m1/s1. The maximum atomic E-state index is 10.5. The molecule has 3 atom stereocenters. The molecule has 0 saturated carbocycles. The van der Waals surface area contributed by atoms with Crippen molar-refractivity contribution < 1.29 is 14.6 Å². The molecule has 3 heteroatoms. The molecule has 22 heavy (non-hydrogen) atoms. The highest BCUT2D eigenvalue weighted by atomic mass is 16.7. The van der Waals surface area contributed by atoms with Crippen LogP contribution in [0.1, 0.15) is 43.6 Å². The Morgan fingerprint density at radius 3 is 1.64 bits per heavy atom. The Labute approximate surface area is 131 Å².